The number of ether oxygens (including phenoxy) is 1. The Kier molecular flexibility index (Phi) is 5.16. The largest absolute Gasteiger partial charge is 0.444 e. The summed E-state index contributed by atoms with van der Waals surface area (Å²) in [6.45, 7) is 8.80. The molecule has 2 atom stereocenters. The van der Waals surface area contributed by atoms with Crippen molar-refractivity contribution in [1.82, 2.24) is 15.2 Å². The summed E-state index contributed by atoms with van der Waals surface area (Å²) in [5, 5.41) is 6.98. The van der Waals surface area contributed by atoms with E-state index in [2.05, 4.69) is 15.7 Å². The van der Waals surface area contributed by atoms with E-state index in [0.717, 1.165) is 44.3 Å². The van der Waals surface area contributed by atoms with Gasteiger partial charge in [0.25, 0.3) is 0 Å². The number of nitrogens with one attached hydrogen (secondary N) is 1. The quantitative estimate of drug-likeness (QED) is 0.902. The highest BCUT2D eigenvalue weighted by Gasteiger charge is 2.44. The smallest absolute Gasteiger partial charge is 0.410 e. The van der Waals surface area contributed by atoms with E-state index in [9.17, 15) is 4.79 Å². The molecule has 1 amide bonds. The zero-order valence-electron chi connectivity index (χ0n) is 15.2. The highest BCUT2D eigenvalue weighted by molar-refractivity contribution is 7.09. The van der Waals surface area contributed by atoms with Crippen LogP contribution in [-0.4, -0.2) is 46.2 Å². The molecule has 2 saturated heterocycles. The average Bonchev–Trinajstić information content (AvgIpc) is 2.99. The molecule has 0 spiro atoms. The molecule has 0 aromatic carbocycles. The third kappa shape index (κ3) is 4.28. The van der Waals surface area contributed by atoms with Gasteiger partial charge in [-0.15, -0.1) is 11.3 Å². The molecule has 1 aromatic rings. The molecule has 0 saturated carbocycles. The first-order valence-electron chi connectivity index (χ1n) is 8.97. The molecule has 0 radical (unpaired) electrons. The number of aromatic nitrogens is 1. The third-order valence-corrected chi connectivity index (χ3v) is 5.80. The van der Waals surface area contributed by atoms with E-state index >= 15 is 0 Å². The van der Waals surface area contributed by atoms with Crippen molar-refractivity contribution < 1.29 is 9.53 Å². The lowest BCUT2D eigenvalue weighted by Crippen LogP contribution is -2.52. The Morgan fingerprint density at radius 1 is 1.38 bits per heavy atom. The van der Waals surface area contributed by atoms with Crippen molar-refractivity contribution in [1.29, 1.82) is 0 Å². The van der Waals surface area contributed by atoms with E-state index < -0.39 is 5.60 Å². The van der Waals surface area contributed by atoms with Crippen molar-refractivity contribution in [2.24, 2.45) is 0 Å². The van der Waals surface area contributed by atoms with Gasteiger partial charge >= 0.3 is 6.09 Å². The Hall–Kier alpha value is -1.14. The summed E-state index contributed by atoms with van der Waals surface area (Å²) in [5.74, 6) is 0. The van der Waals surface area contributed by atoms with Crippen LogP contribution < -0.4 is 5.32 Å². The Morgan fingerprint density at radius 2 is 2.04 bits per heavy atom. The molecule has 3 heterocycles. The minimum Gasteiger partial charge on any atom is -0.444 e. The van der Waals surface area contributed by atoms with Gasteiger partial charge in [0.15, 0.2) is 0 Å². The third-order valence-electron chi connectivity index (χ3n) is 4.78. The second-order valence-electron chi connectivity index (χ2n) is 8.03. The van der Waals surface area contributed by atoms with Gasteiger partial charge in [-0.25, -0.2) is 9.78 Å². The number of carbonyl (C=O) groups excluding carboxylic acids is 1. The van der Waals surface area contributed by atoms with Gasteiger partial charge in [-0.05, 0) is 53.4 Å². The van der Waals surface area contributed by atoms with Crippen molar-refractivity contribution in [3.63, 3.8) is 0 Å². The fraction of sp³-hybridized carbons (Fsp3) is 0.778. The number of fused-ring (bicyclic) bond motifs is 2. The first-order valence-corrected chi connectivity index (χ1v) is 9.85. The molecule has 2 fully saturated rings. The second-order valence-corrected chi connectivity index (χ2v) is 8.97. The number of nitrogens with zero attached hydrogens (tertiary/aromatic N) is 2. The van der Waals surface area contributed by atoms with Crippen LogP contribution in [-0.2, 0) is 11.2 Å². The van der Waals surface area contributed by atoms with Crippen LogP contribution in [0.15, 0.2) is 5.38 Å². The highest BCUT2D eigenvalue weighted by atomic mass is 32.1. The fourth-order valence-electron chi connectivity index (χ4n) is 3.86. The van der Waals surface area contributed by atoms with Gasteiger partial charge in [0.05, 0.1) is 5.01 Å². The van der Waals surface area contributed by atoms with Crippen LogP contribution in [0.1, 0.15) is 57.2 Å². The van der Waals surface area contributed by atoms with Crippen LogP contribution in [0.3, 0.4) is 0 Å². The van der Waals surface area contributed by atoms with Gasteiger partial charge < -0.3 is 15.0 Å². The molecule has 2 aliphatic heterocycles. The summed E-state index contributed by atoms with van der Waals surface area (Å²) in [4.78, 5) is 19.0. The lowest BCUT2D eigenvalue weighted by molar-refractivity contribution is 0.00478. The van der Waals surface area contributed by atoms with Crippen molar-refractivity contribution in [2.75, 3.05) is 6.54 Å². The fourth-order valence-corrected chi connectivity index (χ4v) is 4.63. The number of hydrogen-bond donors (Lipinski definition) is 1. The number of amides is 1. The lowest BCUT2D eigenvalue weighted by atomic mass is 9.97. The summed E-state index contributed by atoms with van der Waals surface area (Å²) in [6, 6.07) is 1.17. The Labute approximate surface area is 148 Å². The molecule has 2 aliphatic rings. The van der Waals surface area contributed by atoms with Gasteiger partial charge in [0.2, 0.25) is 0 Å². The number of hydrogen-bond acceptors (Lipinski definition) is 5. The molecule has 134 valence electrons. The molecular weight excluding hydrogens is 322 g/mol. The van der Waals surface area contributed by atoms with Gasteiger partial charge in [-0.2, -0.15) is 0 Å². The maximum atomic E-state index is 12.5. The zero-order chi connectivity index (χ0) is 17.3. The zero-order valence-corrected chi connectivity index (χ0v) is 16.0. The summed E-state index contributed by atoms with van der Waals surface area (Å²) >= 11 is 1.74. The Balaban J connectivity index is 1.49. The van der Waals surface area contributed by atoms with Crippen LogP contribution in [0, 0.1) is 6.92 Å². The van der Waals surface area contributed by atoms with E-state index in [-0.39, 0.29) is 6.09 Å². The summed E-state index contributed by atoms with van der Waals surface area (Å²) < 4.78 is 5.59. The number of thiazole rings is 1. The number of piperidine rings is 1. The molecule has 2 unspecified atom stereocenters. The molecule has 0 aliphatic carbocycles. The average molecular weight is 352 g/mol. The minimum absolute atomic E-state index is 0.133. The number of rotatable bonds is 4. The van der Waals surface area contributed by atoms with Crippen molar-refractivity contribution in [2.45, 2.75) is 83.5 Å². The van der Waals surface area contributed by atoms with Gasteiger partial charge in [-0.3, -0.25) is 0 Å². The Bertz CT molecular complexity index is 567. The van der Waals surface area contributed by atoms with Gasteiger partial charge in [0, 0.05) is 42.2 Å². The van der Waals surface area contributed by atoms with Crippen LogP contribution in [0.2, 0.25) is 0 Å². The minimum atomic E-state index is -0.419. The molecule has 1 aromatic heterocycles. The molecule has 1 N–H and O–H groups in total. The SMILES string of the molecule is Cc1csc(CCNC2CC3CCC(C2)N3C(=O)OC(C)(C)C)n1. The molecule has 5 nitrogen and oxygen atoms in total. The first kappa shape index (κ1) is 17.7. The Morgan fingerprint density at radius 3 is 2.58 bits per heavy atom. The van der Waals surface area contributed by atoms with Crippen molar-refractivity contribution in [3.8, 4) is 0 Å². The maximum absolute atomic E-state index is 12.5. The standard InChI is InChI=1S/C18H29N3O2S/c1-12-11-24-16(20-12)7-8-19-13-9-14-5-6-15(10-13)21(14)17(22)23-18(2,3)4/h11,13-15,19H,5-10H2,1-4H3. The van der Waals surface area contributed by atoms with Crippen LogP contribution in [0.4, 0.5) is 4.79 Å². The lowest BCUT2D eigenvalue weighted by Gasteiger charge is -2.39. The van der Waals surface area contributed by atoms with Crippen LogP contribution in [0.5, 0.6) is 0 Å². The predicted octanol–water partition coefficient (Wildman–Crippen LogP) is 3.51. The summed E-state index contributed by atoms with van der Waals surface area (Å²) in [5.41, 5.74) is 0.691. The highest BCUT2D eigenvalue weighted by Crippen LogP contribution is 2.36. The van der Waals surface area contributed by atoms with Gasteiger partial charge in [0.1, 0.15) is 5.60 Å². The van der Waals surface area contributed by atoms with Crippen LogP contribution >= 0.6 is 11.3 Å². The maximum Gasteiger partial charge on any atom is 0.410 e. The van der Waals surface area contributed by atoms with E-state index in [1.54, 1.807) is 11.3 Å². The molecule has 24 heavy (non-hydrogen) atoms. The number of carbonyl (C=O) groups is 1. The number of aryl methyl sites for hydroxylation is 1. The van der Waals surface area contributed by atoms with E-state index in [1.807, 2.05) is 32.6 Å². The van der Waals surface area contributed by atoms with Gasteiger partial charge in [-0.1, -0.05) is 0 Å². The van der Waals surface area contributed by atoms with Crippen LogP contribution in [0.25, 0.3) is 0 Å². The molecule has 3 rings (SSSR count). The summed E-state index contributed by atoms with van der Waals surface area (Å²) in [7, 11) is 0. The monoisotopic (exact) mass is 351 g/mol. The van der Waals surface area contributed by atoms with E-state index in [0.29, 0.717) is 18.1 Å². The van der Waals surface area contributed by atoms with Crippen molar-refractivity contribution in [3.05, 3.63) is 16.1 Å². The predicted molar refractivity (Wildman–Crippen MR) is 96.5 cm³/mol. The molecule has 2 bridgehead atoms. The molecule has 6 heteroatoms. The van der Waals surface area contributed by atoms with E-state index in [1.165, 1.54) is 5.01 Å². The summed E-state index contributed by atoms with van der Waals surface area (Å²) in [6.07, 6.45) is 5.13. The second kappa shape index (κ2) is 7.00. The molecular formula is C18H29N3O2S. The first-order chi connectivity index (χ1) is 11.3. The van der Waals surface area contributed by atoms with E-state index in [4.69, 9.17) is 4.74 Å². The topological polar surface area (TPSA) is 54.5 Å². The van der Waals surface area contributed by atoms with Crippen molar-refractivity contribution >= 4 is 17.4 Å². The normalized spacial score (nSPS) is 26.7.